The molecule has 2 rings (SSSR count). The Morgan fingerprint density at radius 1 is 1.36 bits per heavy atom. The number of aliphatic carboxylic acids is 1. The van der Waals surface area contributed by atoms with Crippen LogP contribution in [0.25, 0.3) is 0 Å². The SMILES string of the molecule is CCN1CCCC1CN1CC(C(=O)NC(CC(C)C)C(=O)O)CC1=O. The van der Waals surface area contributed by atoms with Gasteiger partial charge in [-0.2, -0.15) is 0 Å². The van der Waals surface area contributed by atoms with Gasteiger partial charge < -0.3 is 15.3 Å². The molecule has 2 aliphatic heterocycles. The number of nitrogens with zero attached hydrogens (tertiary/aromatic N) is 2. The molecule has 2 saturated heterocycles. The lowest BCUT2D eigenvalue weighted by atomic mass is 10.0. The maximum atomic E-state index is 12.4. The molecule has 2 aliphatic rings. The number of carbonyl (C=O) groups excluding carboxylic acids is 2. The van der Waals surface area contributed by atoms with Gasteiger partial charge in [0.15, 0.2) is 0 Å². The highest BCUT2D eigenvalue weighted by Gasteiger charge is 2.38. The number of carboxylic acids is 1. The first-order valence-corrected chi connectivity index (χ1v) is 9.36. The minimum Gasteiger partial charge on any atom is -0.480 e. The van der Waals surface area contributed by atoms with Crippen LogP contribution in [0, 0.1) is 11.8 Å². The van der Waals surface area contributed by atoms with Gasteiger partial charge in [-0.15, -0.1) is 0 Å². The van der Waals surface area contributed by atoms with Crippen LogP contribution in [0.5, 0.6) is 0 Å². The number of rotatable bonds is 8. The highest BCUT2D eigenvalue weighted by atomic mass is 16.4. The summed E-state index contributed by atoms with van der Waals surface area (Å²) in [5, 5.41) is 11.9. The number of nitrogens with one attached hydrogen (secondary N) is 1. The van der Waals surface area contributed by atoms with Crippen molar-refractivity contribution in [3.8, 4) is 0 Å². The van der Waals surface area contributed by atoms with Gasteiger partial charge in [0.2, 0.25) is 11.8 Å². The Labute approximate surface area is 149 Å². The minimum atomic E-state index is -1.02. The monoisotopic (exact) mass is 353 g/mol. The summed E-state index contributed by atoms with van der Waals surface area (Å²) in [7, 11) is 0. The molecular formula is C18H31N3O4. The first kappa shape index (κ1) is 19.7. The molecule has 0 bridgehead atoms. The Balaban J connectivity index is 1.90. The molecule has 7 nitrogen and oxygen atoms in total. The number of amides is 2. The molecule has 0 aromatic heterocycles. The molecule has 0 saturated carbocycles. The Kier molecular flexibility index (Phi) is 6.81. The van der Waals surface area contributed by atoms with E-state index in [1.807, 2.05) is 13.8 Å². The molecule has 3 atom stereocenters. The van der Waals surface area contributed by atoms with Crippen LogP contribution in [-0.4, -0.2) is 71.0 Å². The van der Waals surface area contributed by atoms with Crippen LogP contribution in [-0.2, 0) is 14.4 Å². The van der Waals surface area contributed by atoms with E-state index in [1.165, 1.54) is 0 Å². The summed E-state index contributed by atoms with van der Waals surface area (Å²) < 4.78 is 0. The third-order valence-electron chi connectivity index (χ3n) is 5.24. The van der Waals surface area contributed by atoms with Crippen LogP contribution in [0.15, 0.2) is 0 Å². The van der Waals surface area contributed by atoms with Crippen molar-refractivity contribution in [3.05, 3.63) is 0 Å². The summed E-state index contributed by atoms with van der Waals surface area (Å²) in [5.74, 6) is -1.61. The first-order valence-electron chi connectivity index (χ1n) is 9.36. The molecule has 0 aromatic rings. The van der Waals surface area contributed by atoms with Crippen LogP contribution >= 0.6 is 0 Å². The van der Waals surface area contributed by atoms with Gasteiger partial charge in [-0.3, -0.25) is 14.5 Å². The fourth-order valence-electron chi connectivity index (χ4n) is 3.88. The molecule has 0 aromatic carbocycles. The number of carbonyl (C=O) groups is 3. The van der Waals surface area contributed by atoms with Crippen LogP contribution in [0.3, 0.4) is 0 Å². The summed E-state index contributed by atoms with van der Waals surface area (Å²) in [6, 6.07) is -0.509. The molecule has 2 amide bonds. The van der Waals surface area contributed by atoms with Crippen molar-refractivity contribution in [3.63, 3.8) is 0 Å². The maximum Gasteiger partial charge on any atom is 0.326 e. The van der Waals surface area contributed by atoms with Crippen LogP contribution in [0.1, 0.15) is 46.5 Å². The third-order valence-corrected chi connectivity index (χ3v) is 5.24. The number of carboxylic acid groups (broad SMARTS) is 1. The van der Waals surface area contributed by atoms with Crippen molar-refractivity contribution in [1.82, 2.24) is 15.1 Å². The van der Waals surface area contributed by atoms with Gasteiger partial charge in [0, 0.05) is 25.6 Å². The molecule has 0 radical (unpaired) electrons. The second kappa shape index (κ2) is 8.65. The Bertz CT molecular complexity index is 509. The quantitative estimate of drug-likeness (QED) is 0.678. The van der Waals surface area contributed by atoms with Crippen molar-refractivity contribution in [1.29, 1.82) is 0 Å². The van der Waals surface area contributed by atoms with Gasteiger partial charge in [-0.1, -0.05) is 20.8 Å². The van der Waals surface area contributed by atoms with Crippen LogP contribution in [0.4, 0.5) is 0 Å². The predicted molar refractivity (Wildman–Crippen MR) is 94.0 cm³/mol. The minimum absolute atomic E-state index is 0.00108. The molecule has 2 heterocycles. The second-order valence-corrected chi connectivity index (χ2v) is 7.65. The average molecular weight is 353 g/mol. The topological polar surface area (TPSA) is 89.9 Å². The molecule has 25 heavy (non-hydrogen) atoms. The van der Waals surface area contributed by atoms with Crippen LogP contribution < -0.4 is 5.32 Å². The van der Waals surface area contributed by atoms with Gasteiger partial charge in [-0.25, -0.2) is 4.79 Å². The van der Waals surface area contributed by atoms with Gasteiger partial charge >= 0.3 is 5.97 Å². The van der Waals surface area contributed by atoms with E-state index in [0.29, 0.717) is 25.6 Å². The van der Waals surface area contributed by atoms with Crippen molar-refractivity contribution in [2.75, 3.05) is 26.2 Å². The van der Waals surface area contributed by atoms with E-state index in [0.717, 1.165) is 25.9 Å². The van der Waals surface area contributed by atoms with E-state index >= 15 is 0 Å². The number of hydrogen-bond donors (Lipinski definition) is 2. The van der Waals surface area contributed by atoms with Crippen molar-refractivity contribution >= 4 is 17.8 Å². The molecule has 0 spiro atoms. The highest BCUT2D eigenvalue weighted by Crippen LogP contribution is 2.23. The van der Waals surface area contributed by atoms with E-state index < -0.39 is 17.9 Å². The smallest absolute Gasteiger partial charge is 0.326 e. The first-order chi connectivity index (χ1) is 11.8. The fourth-order valence-corrected chi connectivity index (χ4v) is 3.88. The van der Waals surface area contributed by atoms with Crippen molar-refractivity contribution < 1.29 is 19.5 Å². The van der Waals surface area contributed by atoms with Gasteiger partial charge in [0.25, 0.3) is 0 Å². The molecule has 3 unspecified atom stereocenters. The second-order valence-electron chi connectivity index (χ2n) is 7.65. The van der Waals surface area contributed by atoms with E-state index in [-0.39, 0.29) is 24.2 Å². The molecule has 2 N–H and O–H groups in total. The lowest BCUT2D eigenvalue weighted by molar-refractivity contribution is -0.142. The fraction of sp³-hybridized carbons (Fsp3) is 0.833. The van der Waals surface area contributed by atoms with Gasteiger partial charge in [0.1, 0.15) is 6.04 Å². The summed E-state index contributed by atoms with van der Waals surface area (Å²) >= 11 is 0. The number of hydrogen-bond acceptors (Lipinski definition) is 4. The highest BCUT2D eigenvalue weighted by molar-refractivity contribution is 5.91. The van der Waals surface area contributed by atoms with E-state index in [4.69, 9.17) is 0 Å². The summed E-state index contributed by atoms with van der Waals surface area (Å²) in [6.07, 6.45) is 2.81. The predicted octanol–water partition coefficient (Wildman–Crippen LogP) is 0.935. The average Bonchev–Trinajstić information content (AvgIpc) is 3.13. The zero-order valence-corrected chi connectivity index (χ0v) is 15.5. The third kappa shape index (κ3) is 5.17. The lowest BCUT2D eigenvalue weighted by Gasteiger charge is -2.27. The number of likely N-dealkylation sites (tertiary alicyclic amines) is 2. The summed E-state index contributed by atoms with van der Waals surface area (Å²) in [6.45, 7) is 9.08. The molecule has 142 valence electrons. The Morgan fingerprint density at radius 2 is 2.08 bits per heavy atom. The van der Waals surface area contributed by atoms with E-state index in [2.05, 4.69) is 17.1 Å². The maximum absolute atomic E-state index is 12.4. The molecule has 2 fully saturated rings. The molecular weight excluding hydrogens is 322 g/mol. The lowest BCUT2D eigenvalue weighted by Crippen LogP contribution is -2.45. The standard InChI is InChI=1S/C18H31N3O4/c1-4-20-7-5-6-14(20)11-21-10-13(9-16(21)22)17(23)19-15(18(24)25)8-12(2)3/h12-15H,4-11H2,1-3H3,(H,19,23)(H,24,25). The largest absolute Gasteiger partial charge is 0.480 e. The molecule has 7 heteroatoms. The van der Waals surface area contributed by atoms with Crippen molar-refractivity contribution in [2.24, 2.45) is 11.8 Å². The van der Waals surface area contributed by atoms with E-state index in [1.54, 1.807) is 4.90 Å². The van der Waals surface area contributed by atoms with Crippen molar-refractivity contribution in [2.45, 2.75) is 58.5 Å². The molecule has 0 aliphatic carbocycles. The zero-order chi connectivity index (χ0) is 18.6. The normalized spacial score (nSPS) is 25.6. The van der Waals surface area contributed by atoms with Gasteiger partial charge in [-0.05, 0) is 38.3 Å². The summed E-state index contributed by atoms with van der Waals surface area (Å²) in [4.78, 5) is 40.2. The number of likely N-dealkylation sites (N-methyl/N-ethyl adjacent to an activating group) is 1. The van der Waals surface area contributed by atoms with Crippen LogP contribution in [0.2, 0.25) is 0 Å². The Morgan fingerprint density at radius 3 is 2.68 bits per heavy atom. The summed E-state index contributed by atoms with van der Waals surface area (Å²) in [5.41, 5.74) is 0. The van der Waals surface area contributed by atoms with Gasteiger partial charge in [0.05, 0.1) is 5.92 Å². The Hall–Kier alpha value is -1.63. The zero-order valence-electron chi connectivity index (χ0n) is 15.5. The van der Waals surface area contributed by atoms with E-state index in [9.17, 15) is 19.5 Å².